The summed E-state index contributed by atoms with van der Waals surface area (Å²) in [5, 5.41) is 5.18. The summed E-state index contributed by atoms with van der Waals surface area (Å²) < 4.78 is 54.6. The molecule has 3 aliphatic rings. The van der Waals surface area contributed by atoms with Crippen LogP contribution in [0.1, 0.15) is 6.42 Å². The molecule has 0 spiro atoms. The van der Waals surface area contributed by atoms with E-state index < -0.39 is 37.0 Å². The zero-order chi connectivity index (χ0) is 17.1. The van der Waals surface area contributed by atoms with E-state index >= 15 is 0 Å². The lowest BCUT2D eigenvalue weighted by Crippen LogP contribution is -2.62. The van der Waals surface area contributed by atoms with Crippen molar-refractivity contribution in [2.24, 2.45) is 5.10 Å². The molecule has 1 aromatic carbocycles. The summed E-state index contributed by atoms with van der Waals surface area (Å²) in [6, 6.07) is 8.21. The van der Waals surface area contributed by atoms with Gasteiger partial charge in [-0.15, -0.1) is 0 Å². The number of hydrogen-bond acceptors (Lipinski definition) is 4. The quantitative estimate of drug-likeness (QED) is 0.772. The van der Waals surface area contributed by atoms with E-state index in [1.54, 1.807) is 30.3 Å². The number of benzene rings is 1. The van der Waals surface area contributed by atoms with Crippen LogP contribution in [0.3, 0.4) is 0 Å². The standard InChI is InChI=1S/C15H14F4N4O/c16-14(17)8-21(9-14)12(24)11-20-22-7-6-15(18,19)13(22)23(11)10-4-2-1-3-5-10/h1-5,13H,6-9H2. The number of hydrazone groups is 1. The molecule has 9 heteroatoms. The third kappa shape index (κ3) is 2.22. The van der Waals surface area contributed by atoms with E-state index in [1.165, 1.54) is 0 Å². The van der Waals surface area contributed by atoms with Crippen molar-refractivity contribution in [2.75, 3.05) is 24.5 Å². The molecule has 0 aromatic heterocycles. The summed E-state index contributed by atoms with van der Waals surface area (Å²) >= 11 is 0. The van der Waals surface area contributed by atoms with Gasteiger partial charge >= 0.3 is 0 Å². The Kier molecular flexibility index (Phi) is 3.07. The number of hydrogen-bond donors (Lipinski definition) is 0. The minimum atomic E-state index is -3.06. The molecule has 1 atom stereocenters. The van der Waals surface area contributed by atoms with Crippen molar-refractivity contribution in [3.63, 3.8) is 0 Å². The molecular formula is C15H14F4N4O. The average molecular weight is 342 g/mol. The van der Waals surface area contributed by atoms with E-state index in [0.717, 1.165) is 14.8 Å². The molecule has 1 amide bonds. The maximum absolute atomic E-state index is 14.3. The number of carbonyl (C=O) groups excluding carboxylic acids is 1. The lowest BCUT2D eigenvalue weighted by Gasteiger charge is -2.39. The average Bonchev–Trinajstić information content (AvgIpc) is 3.03. The second-order valence-electron chi connectivity index (χ2n) is 6.19. The highest BCUT2D eigenvalue weighted by atomic mass is 19.3. The summed E-state index contributed by atoms with van der Waals surface area (Å²) in [7, 11) is 0. The van der Waals surface area contributed by atoms with Crippen molar-refractivity contribution in [1.29, 1.82) is 0 Å². The first-order valence-electron chi connectivity index (χ1n) is 7.53. The van der Waals surface area contributed by atoms with Crippen molar-refractivity contribution in [3.05, 3.63) is 30.3 Å². The number of fused-ring (bicyclic) bond motifs is 1. The second kappa shape index (κ2) is 4.84. The number of amides is 1. The van der Waals surface area contributed by atoms with Gasteiger partial charge < -0.3 is 4.90 Å². The first kappa shape index (κ1) is 15.2. The Morgan fingerprint density at radius 3 is 2.42 bits per heavy atom. The number of anilines is 1. The lowest BCUT2D eigenvalue weighted by molar-refractivity contribution is -0.159. The summed E-state index contributed by atoms with van der Waals surface area (Å²) in [6.07, 6.45) is -1.77. The highest BCUT2D eigenvalue weighted by Crippen LogP contribution is 2.42. The van der Waals surface area contributed by atoms with Gasteiger partial charge in [0.2, 0.25) is 5.84 Å². The number of nitrogens with zero attached hydrogens (tertiary/aromatic N) is 4. The van der Waals surface area contributed by atoms with Crippen molar-refractivity contribution in [2.45, 2.75) is 24.4 Å². The fourth-order valence-corrected chi connectivity index (χ4v) is 3.24. The first-order valence-corrected chi connectivity index (χ1v) is 7.53. The van der Waals surface area contributed by atoms with Crippen LogP contribution in [0.15, 0.2) is 35.4 Å². The third-order valence-corrected chi connectivity index (χ3v) is 4.39. The molecule has 0 N–H and O–H groups in total. The topological polar surface area (TPSA) is 39.2 Å². The van der Waals surface area contributed by atoms with Crippen LogP contribution < -0.4 is 4.90 Å². The summed E-state index contributed by atoms with van der Waals surface area (Å²) in [5.74, 6) is -6.97. The molecule has 0 bridgehead atoms. The summed E-state index contributed by atoms with van der Waals surface area (Å²) in [4.78, 5) is 14.6. The molecule has 0 radical (unpaired) electrons. The molecule has 5 nitrogen and oxygen atoms in total. The minimum Gasteiger partial charge on any atom is -0.324 e. The molecule has 0 saturated carbocycles. The molecule has 24 heavy (non-hydrogen) atoms. The number of carbonyl (C=O) groups is 1. The lowest BCUT2D eigenvalue weighted by atomic mass is 10.1. The zero-order valence-electron chi connectivity index (χ0n) is 12.5. The van der Waals surface area contributed by atoms with Crippen LogP contribution >= 0.6 is 0 Å². The van der Waals surface area contributed by atoms with Crippen LogP contribution in [0.4, 0.5) is 23.2 Å². The molecule has 0 aliphatic carbocycles. The zero-order valence-corrected chi connectivity index (χ0v) is 12.5. The molecule has 3 heterocycles. The Morgan fingerprint density at radius 1 is 1.12 bits per heavy atom. The fourth-order valence-electron chi connectivity index (χ4n) is 3.24. The largest absolute Gasteiger partial charge is 0.324 e. The number of amidine groups is 1. The maximum Gasteiger partial charge on any atom is 0.292 e. The molecular weight excluding hydrogens is 328 g/mol. The van der Waals surface area contributed by atoms with Crippen molar-refractivity contribution < 1.29 is 22.4 Å². The third-order valence-electron chi connectivity index (χ3n) is 4.39. The number of para-hydroxylation sites is 1. The first-order chi connectivity index (χ1) is 11.3. The van der Waals surface area contributed by atoms with Crippen LogP contribution in [0.5, 0.6) is 0 Å². The summed E-state index contributed by atoms with van der Waals surface area (Å²) in [5.41, 5.74) is 0.381. The molecule has 4 rings (SSSR count). The Balaban J connectivity index is 1.69. The van der Waals surface area contributed by atoms with Gasteiger partial charge in [0.15, 0.2) is 6.17 Å². The molecule has 128 valence electrons. The van der Waals surface area contributed by atoms with E-state index in [1.807, 2.05) is 0 Å². The Labute approximate surface area is 135 Å². The molecule has 2 fully saturated rings. The van der Waals surface area contributed by atoms with Crippen LogP contribution in [-0.2, 0) is 4.79 Å². The van der Waals surface area contributed by atoms with Crippen molar-refractivity contribution in [3.8, 4) is 0 Å². The SMILES string of the molecule is O=C(C1=NN2CCC(F)(F)C2N1c1ccccc1)N1CC(F)(F)C1. The van der Waals surface area contributed by atoms with Gasteiger partial charge in [0.05, 0.1) is 13.1 Å². The van der Waals surface area contributed by atoms with Gasteiger partial charge in [0.25, 0.3) is 17.8 Å². The highest BCUT2D eigenvalue weighted by Gasteiger charge is 2.59. The Hall–Kier alpha value is -2.32. The van der Waals surface area contributed by atoms with Gasteiger partial charge in [-0.1, -0.05) is 18.2 Å². The smallest absolute Gasteiger partial charge is 0.292 e. The number of rotatable bonds is 2. The maximum atomic E-state index is 14.3. The van der Waals surface area contributed by atoms with Crippen LogP contribution in [0.25, 0.3) is 0 Å². The minimum absolute atomic E-state index is 0.00788. The Bertz CT molecular complexity index is 701. The fraction of sp³-hybridized carbons (Fsp3) is 0.467. The number of halogens is 4. The van der Waals surface area contributed by atoms with Gasteiger partial charge in [-0.2, -0.15) is 5.10 Å². The second-order valence-corrected chi connectivity index (χ2v) is 6.19. The van der Waals surface area contributed by atoms with E-state index in [0.29, 0.717) is 5.69 Å². The van der Waals surface area contributed by atoms with Gasteiger partial charge in [0.1, 0.15) is 0 Å². The van der Waals surface area contributed by atoms with Gasteiger partial charge in [-0.3, -0.25) is 14.7 Å². The Morgan fingerprint density at radius 2 is 1.79 bits per heavy atom. The molecule has 2 saturated heterocycles. The predicted octanol–water partition coefficient (Wildman–Crippen LogP) is 1.96. The predicted molar refractivity (Wildman–Crippen MR) is 77.9 cm³/mol. The van der Waals surface area contributed by atoms with Crippen molar-refractivity contribution >= 4 is 17.4 Å². The molecule has 1 unspecified atom stereocenters. The monoisotopic (exact) mass is 342 g/mol. The molecule has 3 aliphatic heterocycles. The molecule has 1 aromatic rings. The van der Waals surface area contributed by atoms with E-state index in [4.69, 9.17) is 0 Å². The van der Waals surface area contributed by atoms with Gasteiger partial charge in [-0.25, -0.2) is 17.6 Å². The van der Waals surface area contributed by atoms with Crippen LogP contribution in [-0.4, -0.2) is 59.3 Å². The van der Waals surface area contributed by atoms with E-state index in [9.17, 15) is 22.4 Å². The summed E-state index contributed by atoms with van der Waals surface area (Å²) in [6.45, 7) is -1.42. The normalized spacial score (nSPS) is 26.9. The van der Waals surface area contributed by atoms with Gasteiger partial charge in [-0.05, 0) is 12.1 Å². The van der Waals surface area contributed by atoms with Crippen LogP contribution in [0.2, 0.25) is 0 Å². The highest BCUT2D eigenvalue weighted by molar-refractivity contribution is 6.43. The van der Waals surface area contributed by atoms with Crippen LogP contribution in [0, 0.1) is 0 Å². The number of likely N-dealkylation sites (tertiary alicyclic amines) is 1. The van der Waals surface area contributed by atoms with Crippen molar-refractivity contribution in [1.82, 2.24) is 9.91 Å². The van der Waals surface area contributed by atoms with E-state index in [-0.39, 0.29) is 18.8 Å². The number of alkyl halides is 4. The van der Waals surface area contributed by atoms with E-state index in [2.05, 4.69) is 5.10 Å². The van der Waals surface area contributed by atoms with Gasteiger partial charge in [0, 0.05) is 18.7 Å².